The standard InChI is InChI=1S/C11H7BrClN3O2/c12-6-1-2-9(17)7(3-6)16-11(18)8-4-14-5-10(13)15-8/h1-5,17H,(H,16,18). The van der Waals surface area contributed by atoms with E-state index >= 15 is 0 Å². The van der Waals surface area contributed by atoms with Crippen LogP contribution in [0.15, 0.2) is 35.1 Å². The number of hydrogen-bond donors (Lipinski definition) is 2. The van der Waals surface area contributed by atoms with Gasteiger partial charge in [0.2, 0.25) is 0 Å². The summed E-state index contributed by atoms with van der Waals surface area (Å²) in [5, 5.41) is 12.2. The molecular formula is C11H7BrClN3O2. The lowest BCUT2D eigenvalue weighted by Gasteiger charge is -2.07. The number of halogens is 2. The number of amides is 1. The second-order valence-electron chi connectivity index (χ2n) is 3.34. The van der Waals surface area contributed by atoms with E-state index in [2.05, 4.69) is 31.2 Å². The first-order valence-corrected chi connectivity index (χ1v) is 6.01. The van der Waals surface area contributed by atoms with Crippen molar-refractivity contribution in [3.05, 3.63) is 45.9 Å². The summed E-state index contributed by atoms with van der Waals surface area (Å²) < 4.78 is 0.729. The molecule has 18 heavy (non-hydrogen) atoms. The van der Waals surface area contributed by atoms with Crippen LogP contribution in [0.3, 0.4) is 0 Å². The lowest BCUT2D eigenvalue weighted by molar-refractivity contribution is 0.102. The zero-order chi connectivity index (χ0) is 13.1. The van der Waals surface area contributed by atoms with Crippen LogP contribution in [0, 0.1) is 0 Å². The van der Waals surface area contributed by atoms with Crippen LogP contribution in [0.4, 0.5) is 5.69 Å². The highest BCUT2D eigenvalue weighted by molar-refractivity contribution is 9.10. The summed E-state index contributed by atoms with van der Waals surface area (Å²) in [5.74, 6) is -0.542. The third-order valence-corrected chi connectivity index (χ3v) is 2.72. The second kappa shape index (κ2) is 5.32. The molecule has 0 fully saturated rings. The minimum Gasteiger partial charge on any atom is -0.506 e. The fourth-order valence-electron chi connectivity index (χ4n) is 1.25. The van der Waals surface area contributed by atoms with Crippen molar-refractivity contribution in [2.75, 3.05) is 5.32 Å². The van der Waals surface area contributed by atoms with Gasteiger partial charge in [0, 0.05) is 4.47 Å². The van der Waals surface area contributed by atoms with Gasteiger partial charge in [-0.25, -0.2) is 4.98 Å². The molecule has 0 aliphatic carbocycles. The van der Waals surface area contributed by atoms with Crippen LogP contribution < -0.4 is 5.32 Å². The minimum absolute atomic E-state index is 0.0402. The SMILES string of the molecule is O=C(Nc1cc(Br)ccc1O)c1cncc(Cl)n1. The van der Waals surface area contributed by atoms with Crippen LogP contribution >= 0.6 is 27.5 Å². The number of aromatic hydroxyl groups is 1. The third kappa shape index (κ3) is 2.96. The van der Waals surface area contributed by atoms with Gasteiger partial charge in [-0.2, -0.15) is 0 Å². The first kappa shape index (κ1) is 12.8. The minimum atomic E-state index is -0.501. The Bertz CT molecular complexity index is 607. The Morgan fingerprint density at radius 3 is 2.89 bits per heavy atom. The molecule has 0 spiro atoms. The van der Waals surface area contributed by atoms with E-state index in [4.69, 9.17) is 11.6 Å². The molecule has 7 heteroatoms. The van der Waals surface area contributed by atoms with Crippen LogP contribution in [0.5, 0.6) is 5.75 Å². The van der Waals surface area contributed by atoms with E-state index in [1.165, 1.54) is 18.5 Å². The molecule has 0 aliphatic rings. The maximum atomic E-state index is 11.8. The maximum Gasteiger partial charge on any atom is 0.276 e. The highest BCUT2D eigenvalue weighted by Gasteiger charge is 2.11. The highest BCUT2D eigenvalue weighted by Crippen LogP contribution is 2.27. The van der Waals surface area contributed by atoms with Crippen molar-refractivity contribution >= 4 is 39.1 Å². The normalized spacial score (nSPS) is 10.1. The Kier molecular flexibility index (Phi) is 3.78. The average molecular weight is 329 g/mol. The van der Waals surface area contributed by atoms with E-state index < -0.39 is 5.91 Å². The Morgan fingerprint density at radius 1 is 1.39 bits per heavy atom. The average Bonchev–Trinajstić information content (AvgIpc) is 2.34. The molecule has 0 saturated heterocycles. The molecule has 1 heterocycles. The summed E-state index contributed by atoms with van der Waals surface area (Å²) in [6.07, 6.45) is 2.62. The van der Waals surface area contributed by atoms with Gasteiger partial charge in [0.05, 0.1) is 18.1 Å². The molecule has 2 aromatic rings. The highest BCUT2D eigenvalue weighted by atomic mass is 79.9. The topological polar surface area (TPSA) is 75.1 Å². The summed E-state index contributed by atoms with van der Waals surface area (Å²) in [5.41, 5.74) is 0.345. The van der Waals surface area contributed by atoms with E-state index in [0.717, 1.165) is 4.47 Å². The Hall–Kier alpha value is -1.66. The van der Waals surface area contributed by atoms with Crippen molar-refractivity contribution in [3.63, 3.8) is 0 Å². The number of hydrogen-bond acceptors (Lipinski definition) is 4. The molecule has 0 bridgehead atoms. The quantitative estimate of drug-likeness (QED) is 0.831. The van der Waals surface area contributed by atoms with Crippen LogP contribution in [-0.4, -0.2) is 21.0 Å². The molecule has 0 unspecified atom stereocenters. The largest absolute Gasteiger partial charge is 0.506 e. The van der Waals surface area contributed by atoms with Crippen molar-refractivity contribution in [2.45, 2.75) is 0 Å². The van der Waals surface area contributed by atoms with Gasteiger partial charge >= 0.3 is 0 Å². The number of phenols is 1. The predicted molar refractivity (Wildman–Crippen MR) is 70.8 cm³/mol. The fourth-order valence-corrected chi connectivity index (χ4v) is 1.75. The fraction of sp³-hybridized carbons (Fsp3) is 0. The molecule has 1 aromatic carbocycles. The molecule has 5 nitrogen and oxygen atoms in total. The lowest BCUT2D eigenvalue weighted by Crippen LogP contribution is -2.14. The van der Waals surface area contributed by atoms with Crippen LogP contribution in [0.25, 0.3) is 0 Å². The molecule has 0 aliphatic heterocycles. The summed E-state index contributed by atoms with van der Waals surface area (Å²) >= 11 is 8.88. The Morgan fingerprint density at radius 2 is 2.17 bits per heavy atom. The number of aromatic nitrogens is 2. The Balaban J connectivity index is 2.24. The van der Waals surface area contributed by atoms with E-state index in [1.807, 2.05) is 0 Å². The van der Waals surface area contributed by atoms with Crippen LogP contribution in [0.1, 0.15) is 10.5 Å². The molecule has 0 atom stereocenters. The third-order valence-electron chi connectivity index (χ3n) is 2.04. The number of nitrogens with zero attached hydrogens (tertiary/aromatic N) is 2. The molecule has 1 amide bonds. The second-order valence-corrected chi connectivity index (χ2v) is 4.65. The van der Waals surface area contributed by atoms with Gasteiger partial charge in [-0.3, -0.25) is 9.78 Å². The van der Waals surface area contributed by atoms with Gasteiger partial charge in [-0.15, -0.1) is 0 Å². The number of rotatable bonds is 2. The summed E-state index contributed by atoms with van der Waals surface area (Å²) in [7, 11) is 0. The van der Waals surface area contributed by atoms with Crippen LogP contribution in [-0.2, 0) is 0 Å². The van der Waals surface area contributed by atoms with Gasteiger partial charge < -0.3 is 10.4 Å². The smallest absolute Gasteiger partial charge is 0.276 e. The summed E-state index contributed by atoms with van der Waals surface area (Å²) in [4.78, 5) is 19.4. The number of anilines is 1. The van der Waals surface area contributed by atoms with Crippen molar-refractivity contribution in [1.29, 1.82) is 0 Å². The molecule has 1 aromatic heterocycles. The van der Waals surface area contributed by atoms with Gasteiger partial charge in [-0.1, -0.05) is 27.5 Å². The van der Waals surface area contributed by atoms with Gasteiger partial charge in [0.15, 0.2) is 0 Å². The van der Waals surface area contributed by atoms with Gasteiger partial charge in [0.1, 0.15) is 16.6 Å². The first-order valence-electron chi connectivity index (χ1n) is 4.83. The number of benzene rings is 1. The van der Waals surface area contributed by atoms with Crippen molar-refractivity contribution in [1.82, 2.24) is 9.97 Å². The number of phenolic OH excluding ortho intramolecular Hbond substituents is 1. The molecule has 0 radical (unpaired) electrons. The summed E-state index contributed by atoms with van der Waals surface area (Å²) in [6, 6.07) is 4.69. The molecule has 2 N–H and O–H groups in total. The van der Waals surface area contributed by atoms with Gasteiger partial charge in [0.25, 0.3) is 5.91 Å². The van der Waals surface area contributed by atoms with Crippen molar-refractivity contribution < 1.29 is 9.90 Å². The maximum absolute atomic E-state index is 11.8. The first-order chi connectivity index (χ1) is 8.56. The molecular weight excluding hydrogens is 321 g/mol. The van der Waals surface area contributed by atoms with Gasteiger partial charge in [-0.05, 0) is 18.2 Å². The molecule has 92 valence electrons. The predicted octanol–water partition coefficient (Wildman–Crippen LogP) is 2.85. The number of carbonyl (C=O) groups is 1. The lowest BCUT2D eigenvalue weighted by atomic mass is 10.3. The molecule has 0 saturated carbocycles. The van der Waals surface area contributed by atoms with Crippen molar-refractivity contribution in [2.24, 2.45) is 0 Å². The van der Waals surface area contributed by atoms with Crippen LogP contribution in [0.2, 0.25) is 5.15 Å². The van der Waals surface area contributed by atoms with E-state index in [1.54, 1.807) is 12.1 Å². The monoisotopic (exact) mass is 327 g/mol. The zero-order valence-corrected chi connectivity index (χ0v) is 11.2. The van der Waals surface area contributed by atoms with E-state index in [9.17, 15) is 9.90 Å². The van der Waals surface area contributed by atoms with E-state index in [0.29, 0.717) is 0 Å². The number of carbonyl (C=O) groups excluding carboxylic acids is 1. The Labute approximate surface area is 116 Å². The molecule has 2 rings (SSSR count). The summed E-state index contributed by atoms with van der Waals surface area (Å²) in [6.45, 7) is 0. The number of nitrogens with one attached hydrogen (secondary N) is 1. The van der Waals surface area contributed by atoms with Crippen molar-refractivity contribution in [3.8, 4) is 5.75 Å². The van der Waals surface area contributed by atoms with E-state index in [-0.39, 0.29) is 22.3 Å². The zero-order valence-electron chi connectivity index (χ0n) is 8.89.